The molecule has 11 heteroatoms. The van der Waals surface area contributed by atoms with Gasteiger partial charge in [-0.25, -0.2) is 18.1 Å². The first-order valence-corrected chi connectivity index (χ1v) is 7.20. The SMILES string of the molecule is CNS(=O)(=O)c1ncc(C(F)(F)F)c(OC2(C)COC2)n1. The highest BCUT2D eigenvalue weighted by molar-refractivity contribution is 7.89. The minimum absolute atomic E-state index is 0.0857. The maximum Gasteiger partial charge on any atom is 0.423 e. The van der Waals surface area contributed by atoms with Gasteiger partial charge in [0.15, 0.2) is 5.60 Å². The average Bonchev–Trinajstić information content (AvgIpc) is 2.35. The molecule has 1 fully saturated rings. The molecule has 2 rings (SSSR count). The standard InChI is InChI=1S/C10H12F3N3O4S/c1-9(4-19-5-9)20-7-6(10(11,12)13)3-15-8(16-7)21(17,18)14-2/h3,14H,4-5H2,1-2H3. The van der Waals surface area contributed by atoms with Gasteiger partial charge < -0.3 is 9.47 Å². The van der Waals surface area contributed by atoms with Crippen molar-refractivity contribution >= 4 is 10.0 Å². The normalized spacial score (nSPS) is 18.1. The van der Waals surface area contributed by atoms with E-state index in [0.29, 0.717) is 6.20 Å². The predicted octanol–water partition coefficient (Wildman–Crippen LogP) is 0.571. The van der Waals surface area contributed by atoms with Gasteiger partial charge in [-0.05, 0) is 14.0 Å². The van der Waals surface area contributed by atoms with Gasteiger partial charge in [-0.3, -0.25) is 0 Å². The molecule has 21 heavy (non-hydrogen) atoms. The van der Waals surface area contributed by atoms with Crippen molar-refractivity contribution in [3.8, 4) is 5.88 Å². The lowest BCUT2D eigenvalue weighted by Gasteiger charge is -2.38. The van der Waals surface area contributed by atoms with E-state index in [1.807, 2.05) is 4.72 Å². The van der Waals surface area contributed by atoms with Gasteiger partial charge in [-0.1, -0.05) is 0 Å². The summed E-state index contributed by atoms with van der Waals surface area (Å²) >= 11 is 0. The van der Waals surface area contributed by atoms with Crippen LogP contribution in [-0.2, 0) is 20.9 Å². The van der Waals surface area contributed by atoms with E-state index in [4.69, 9.17) is 9.47 Å². The fourth-order valence-corrected chi connectivity index (χ4v) is 2.10. The highest BCUT2D eigenvalue weighted by Crippen LogP contribution is 2.37. The molecule has 0 saturated carbocycles. The number of rotatable bonds is 4. The quantitative estimate of drug-likeness (QED) is 0.813. The van der Waals surface area contributed by atoms with Crippen LogP contribution in [0.1, 0.15) is 12.5 Å². The second-order valence-corrected chi connectivity index (χ2v) is 6.40. The Kier molecular flexibility index (Phi) is 3.84. The first-order chi connectivity index (χ1) is 9.57. The predicted molar refractivity (Wildman–Crippen MR) is 63.1 cm³/mol. The summed E-state index contributed by atoms with van der Waals surface area (Å²) in [5, 5.41) is -0.795. The van der Waals surface area contributed by atoms with Crippen molar-refractivity contribution in [3.05, 3.63) is 11.8 Å². The van der Waals surface area contributed by atoms with Crippen molar-refractivity contribution in [2.45, 2.75) is 23.9 Å². The summed E-state index contributed by atoms with van der Waals surface area (Å²) in [5.41, 5.74) is -2.22. The van der Waals surface area contributed by atoms with Gasteiger partial charge in [0.05, 0.1) is 13.2 Å². The minimum atomic E-state index is -4.77. The number of alkyl halides is 3. The lowest BCUT2D eigenvalue weighted by molar-refractivity contribution is -0.163. The van der Waals surface area contributed by atoms with Crippen molar-refractivity contribution in [2.75, 3.05) is 20.3 Å². The van der Waals surface area contributed by atoms with Crippen LogP contribution in [0.4, 0.5) is 13.2 Å². The Morgan fingerprint density at radius 1 is 1.43 bits per heavy atom. The van der Waals surface area contributed by atoms with E-state index >= 15 is 0 Å². The molecule has 118 valence electrons. The molecule has 0 bridgehead atoms. The Bertz CT molecular complexity index is 643. The first-order valence-electron chi connectivity index (χ1n) is 5.72. The summed E-state index contributed by atoms with van der Waals surface area (Å²) in [6.45, 7) is 1.70. The van der Waals surface area contributed by atoms with Gasteiger partial charge in [-0.2, -0.15) is 18.2 Å². The Hall–Kier alpha value is -1.46. The Morgan fingerprint density at radius 2 is 2.05 bits per heavy atom. The molecule has 0 atom stereocenters. The molecular formula is C10H12F3N3O4S. The highest BCUT2D eigenvalue weighted by atomic mass is 32.2. The number of aromatic nitrogens is 2. The van der Waals surface area contributed by atoms with Gasteiger partial charge in [-0.15, -0.1) is 0 Å². The van der Waals surface area contributed by atoms with Crippen LogP contribution in [0.2, 0.25) is 0 Å². The van der Waals surface area contributed by atoms with Crippen LogP contribution in [0.5, 0.6) is 5.88 Å². The molecule has 1 aliphatic rings. The fourth-order valence-electron chi connectivity index (χ4n) is 1.53. The van der Waals surface area contributed by atoms with Gasteiger partial charge in [0.25, 0.3) is 15.2 Å². The summed E-state index contributed by atoms with van der Waals surface area (Å²) in [7, 11) is -2.98. The smallest absolute Gasteiger partial charge is 0.423 e. The average molecular weight is 327 g/mol. The Morgan fingerprint density at radius 3 is 2.48 bits per heavy atom. The summed E-state index contributed by atoms with van der Waals surface area (Å²) in [6, 6.07) is 0. The molecule has 0 aliphatic carbocycles. The summed E-state index contributed by atoms with van der Waals surface area (Å²) in [4.78, 5) is 6.62. The number of sulfonamides is 1. The molecule has 1 N–H and O–H groups in total. The number of nitrogens with one attached hydrogen (secondary N) is 1. The zero-order valence-electron chi connectivity index (χ0n) is 11.1. The third-order valence-corrected chi connectivity index (χ3v) is 3.92. The molecule has 1 aliphatic heterocycles. The molecule has 0 amide bonds. The van der Waals surface area contributed by atoms with E-state index in [0.717, 1.165) is 7.05 Å². The van der Waals surface area contributed by atoms with Crippen LogP contribution in [0, 0.1) is 0 Å². The Balaban J connectivity index is 2.48. The van der Waals surface area contributed by atoms with Crippen LogP contribution in [0.15, 0.2) is 11.4 Å². The maximum absolute atomic E-state index is 12.9. The minimum Gasteiger partial charge on any atom is -0.466 e. The van der Waals surface area contributed by atoms with Crippen LogP contribution >= 0.6 is 0 Å². The van der Waals surface area contributed by atoms with Crippen LogP contribution in [0.25, 0.3) is 0 Å². The van der Waals surface area contributed by atoms with Crippen molar-refractivity contribution in [1.82, 2.24) is 14.7 Å². The molecule has 0 unspecified atom stereocenters. The number of hydrogen-bond donors (Lipinski definition) is 1. The second kappa shape index (κ2) is 5.07. The molecule has 7 nitrogen and oxygen atoms in total. The number of hydrogen-bond acceptors (Lipinski definition) is 6. The Labute approximate surface area is 118 Å². The van der Waals surface area contributed by atoms with E-state index in [1.54, 1.807) is 0 Å². The molecule has 1 saturated heterocycles. The number of halogens is 3. The van der Waals surface area contributed by atoms with Crippen LogP contribution in [-0.4, -0.2) is 44.2 Å². The van der Waals surface area contributed by atoms with Crippen LogP contribution in [0.3, 0.4) is 0 Å². The first kappa shape index (κ1) is 15.9. The van der Waals surface area contributed by atoms with Crippen molar-refractivity contribution in [2.24, 2.45) is 0 Å². The number of ether oxygens (including phenoxy) is 2. The molecular weight excluding hydrogens is 315 g/mol. The zero-order valence-corrected chi connectivity index (χ0v) is 11.9. The van der Waals surface area contributed by atoms with Gasteiger partial charge in [0, 0.05) is 6.20 Å². The molecule has 0 radical (unpaired) electrons. The topological polar surface area (TPSA) is 90.4 Å². The third kappa shape index (κ3) is 3.24. The van der Waals surface area contributed by atoms with E-state index in [9.17, 15) is 21.6 Å². The van der Waals surface area contributed by atoms with Crippen LogP contribution < -0.4 is 9.46 Å². The lowest BCUT2D eigenvalue weighted by atomic mass is 10.1. The monoisotopic (exact) mass is 327 g/mol. The lowest BCUT2D eigenvalue weighted by Crippen LogP contribution is -2.52. The van der Waals surface area contributed by atoms with Gasteiger partial charge in [0.2, 0.25) is 5.88 Å². The molecule has 1 aromatic heterocycles. The maximum atomic E-state index is 12.9. The van der Waals surface area contributed by atoms with Gasteiger partial charge in [0.1, 0.15) is 5.56 Å². The molecule has 2 heterocycles. The van der Waals surface area contributed by atoms with E-state index in [-0.39, 0.29) is 13.2 Å². The van der Waals surface area contributed by atoms with E-state index in [1.165, 1.54) is 6.92 Å². The highest BCUT2D eigenvalue weighted by Gasteiger charge is 2.42. The zero-order chi connectivity index (χ0) is 15.9. The molecule has 1 aromatic rings. The van der Waals surface area contributed by atoms with Crippen molar-refractivity contribution in [3.63, 3.8) is 0 Å². The van der Waals surface area contributed by atoms with Crippen molar-refractivity contribution < 1.29 is 31.1 Å². The molecule has 0 spiro atoms. The summed E-state index contributed by atoms with van der Waals surface area (Å²) in [6.07, 6.45) is -4.38. The largest absolute Gasteiger partial charge is 0.466 e. The molecule has 0 aromatic carbocycles. The van der Waals surface area contributed by atoms with Crippen molar-refractivity contribution in [1.29, 1.82) is 0 Å². The van der Waals surface area contributed by atoms with E-state index in [2.05, 4.69) is 9.97 Å². The van der Waals surface area contributed by atoms with Gasteiger partial charge >= 0.3 is 6.18 Å². The fraction of sp³-hybridized carbons (Fsp3) is 0.600. The third-order valence-electron chi connectivity index (χ3n) is 2.70. The number of nitrogens with zero attached hydrogens (tertiary/aromatic N) is 2. The summed E-state index contributed by atoms with van der Waals surface area (Å²) in [5.74, 6) is -0.836. The second-order valence-electron chi connectivity index (χ2n) is 4.62. The van der Waals surface area contributed by atoms with E-state index < -0.39 is 38.4 Å². The summed E-state index contributed by atoms with van der Waals surface area (Å²) < 4.78 is 73.8.